The molecule has 1 atom stereocenters. The average molecular weight is 441 g/mol. The molecule has 3 heterocycles. The third-order valence-corrected chi connectivity index (χ3v) is 5.46. The van der Waals surface area contributed by atoms with Crippen molar-refractivity contribution < 1.29 is 4.39 Å². The molecule has 0 saturated carbocycles. The van der Waals surface area contributed by atoms with Crippen molar-refractivity contribution in [3.63, 3.8) is 0 Å². The van der Waals surface area contributed by atoms with Gasteiger partial charge in [0.15, 0.2) is 0 Å². The first kappa shape index (κ1) is 20.5. The fraction of sp³-hybridized carbons (Fsp3) is 0.130. The molecule has 1 N–H and O–H groups in total. The van der Waals surface area contributed by atoms with Gasteiger partial charge in [0.25, 0.3) is 0 Å². The third kappa shape index (κ3) is 3.60. The van der Waals surface area contributed by atoms with Crippen LogP contribution < -0.4 is 5.32 Å². The van der Waals surface area contributed by atoms with Gasteiger partial charge in [-0.25, -0.2) is 4.39 Å². The minimum absolute atomic E-state index is 0. The van der Waals surface area contributed by atoms with Crippen molar-refractivity contribution in [2.75, 3.05) is 6.54 Å². The standard InChI is InChI=1S/C23H18ClFN4.ClH/c24-17-6-7-18(19(25)14-17)22-20(15-8-10-26-11-9-15)23-21(16-4-2-1-3-5-16)27-12-13-29(23)28-22;/h1-11,14,21,27H,12-13H2;1H. The van der Waals surface area contributed by atoms with E-state index in [0.29, 0.717) is 22.8 Å². The lowest BCUT2D eigenvalue weighted by Crippen LogP contribution is -2.34. The number of hydrogen-bond donors (Lipinski definition) is 1. The Labute approximate surface area is 185 Å². The van der Waals surface area contributed by atoms with Gasteiger partial charge in [-0.05, 0) is 41.5 Å². The number of halogens is 3. The molecule has 1 aliphatic rings. The van der Waals surface area contributed by atoms with E-state index in [2.05, 4.69) is 22.4 Å². The average Bonchev–Trinajstić information content (AvgIpc) is 3.14. The van der Waals surface area contributed by atoms with Gasteiger partial charge in [0, 0.05) is 35.1 Å². The molecule has 0 radical (unpaired) electrons. The molecule has 152 valence electrons. The summed E-state index contributed by atoms with van der Waals surface area (Å²) in [7, 11) is 0. The highest BCUT2D eigenvalue weighted by Gasteiger charge is 2.30. The van der Waals surface area contributed by atoms with E-state index in [-0.39, 0.29) is 24.3 Å². The molecule has 2 aromatic heterocycles. The molecule has 7 heteroatoms. The number of nitrogens with one attached hydrogen (secondary N) is 1. The Bertz CT molecular complexity index is 1160. The first-order valence-corrected chi connectivity index (χ1v) is 9.85. The quantitative estimate of drug-likeness (QED) is 0.455. The molecule has 5 rings (SSSR count). The molecule has 0 bridgehead atoms. The Morgan fingerprint density at radius 3 is 2.53 bits per heavy atom. The van der Waals surface area contributed by atoms with E-state index < -0.39 is 0 Å². The maximum atomic E-state index is 14.9. The lowest BCUT2D eigenvalue weighted by atomic mass is 9.92. The van der Waals surface area contributed by atoms with Gasteiger partial charge in [0.05, 0.1) is 18.3 Å². The highest BCUT2D eigenvalue weighted by atomic mass is 35.5. The van der Waals surface area contributed by atoms with Crippen LogP contribution >= 0.6 is 24.0 Å². The molecular weight excluding hydrogens is 422 g/mol. The summed E-state index contributed by atoms with van der Waals surface area (Å²) in [5, 5.41) is 8.80. The van der Waals surface area contributed by atoms with E-state index in [9.17, 15) is 4.39 Å². The van der Waals surface area contributed by atoms with Gasteiger partial charge in [-0.2, -0.15) is 5.10 Å². The van der Waals surface area contributed by atoms with Crippen molar-refractivity contribution in [1.82, 2.24) is 20.1 Å². The lowest BCUT2D eigenvalue weighted by Gasteiger charge is -2.27. The predicted octanol–water partition coefficient (Wildman–Crippen LogP) is 5.52. The van der Waals surface area contributed by atoms with Gasteiger partial charge in [0.1, 0.15) is 11.5 Å². The Morgan fingerprint density at radius 2 is 1.80 bits per heavy atom. The van der Waals surface area contributed by atoms with Crippen LogP contribution in [0.4, 0.5) is 4.39 Å². The van der Waals surface area contributed by atoms with Crippen LogP contribution in [0.25, 0.3) is 22.4 Å². The zero-order valence-corrected chi connectivity index (χ0v) is 17.5. The molecule has 0 fully saturated rings. The summed E-state index contributed by atoms with van der Waals surface area (Å²) in [5.41, 5.74) is 5.09. The van der Waals surface area contributed by atoms with Crippen LogP contribution in [0, 0.1) is 5.82 Å². The zero-order valence-electron chi connectivity index (χ0n) is 15.9. The Balaban J connectivity index is 0.00000218. The number of aromatic nitrogens is 3. The van der Waals surface area contributed by atoms with Gasteiger partial charge in [-0.1, -0.05) is 41.9 Å². The fourth-order valence-corrected chi connectivity index (χ4v) is 4.10. The van der Waals surface area contributed by atoms with Crippen molar-refractivity contribution >= 4 is 24.0 Å². The largest absolute Gasteiger partial charge is 0.303 e. The Hall–Kier alpha value is -2.73. The molecule has 1 aliphatic heterocycles. The van der Waals surface area contributed by atoms with Gasteiger partial charge < -0.3 is 5.32 Å². The fourth-order valence-electron chi connectivity index (χ4n) is 3.94. The van der Waals surface area contributed by atoms with Gasteiger partial charge in [0.2, 0.25) is 0 Å². The van der Waals surface area contributed by atoms with Crippen molar-refractivity contribution in [1.29, 1.82) is 0 Å². The third-order valence-electron chi connectivity index (χ3n) is 5.23. The number of hydrogen-bond acceptors (Lipinski definition) is 3. The summed E-state index contributed by atoms with van der Waals surface area (Å²) in [6.45, 7) is 1.50. The molecule has 4 aromatic rings. The van der Waals surface area contributed by atoms with E-state index in [1.165, 1.54) is 6.07 Å². The van der Waals surface area contributed by atoms with E-state index in [1.54, 1.807) is 24.5 Å². The minimum atomic E-state index is -0.382. The van der Waals surface area contributed by atoms with Gasteiger partial charge >= 0.3 is 0 Å². The molecule has 1 unspecified atom stereocenters. The Morgan fingerprint density at radius 1 is 1.03 bits per heavy atom. The monoisotopic (exact) mass is 440 g/mol. The normalized spacial score (nSPS) is 15.3. The number of pyridine rings is 1. The number of benzene rings is 2. The first-order chi connectivity index (χ1) is 14.2. The second-order valence-electron chi connectivity index (χ2n) is 6.99. The highest BCUT2D eigenvalue weighted by molar-refractivity contribution is 6.30. The first-order valence-electron chi connectivity index (χ1n) is 9.47. The van der Waals surface area contributed by atoms with Crippen LogP contribution in [0.1, 0.15) is 17.3 Å². The maximum absolute atomic E-state index is 14.9. The van der Waals surface area contributed by atoms with E-state index in [1.807, 2.05) is 35.0 Å². The minimum Gasteiger partial charge on any atom is -0.303 e. The number of rotatable bonds is 3. The van der Waals surface area contributed by atoms with Crippen molar-refractivity contribution in [3.8, 4) is 22.4 Å². The van der Waals surface area contributed by atoms with Crippen LogP contribution in [0.5, 0.6) is 0 Å². The smallest absolute Gasteiger partial charge is 0.134 e. The van der Waals surface area contributed by atoms with Crippen LogP contribution in [0.3, 0.4) is 0 Å². The summed E-state index contributed by atoms with van der Waals surface area (Å²) < 4.78 is 16.8. The summed E-state index contributed by atoms with van der Waals surface area (Å²) in [4.78, 5) is 4.14. The molecule has 0 amide bonds. The molecule has 30 heavy (non-hydrogen) atoms. The summed E-state index contributed by atoms with van der Waals surface area (Å²) in [5.74, 6) is -0.382. The van der Waals surface area contributed by atoms with Gasteiger partial charge in [-0.15, -0.1) is 12.4 Å². The second kappa shape index (κ2) is 8.56. The van der Waals surface area contributed by atoms with E-state index in [4.69, 9.17) is 16.7 Å². The summed E-state index contributed by atoms with van der Waals surface area (Å²) >= 11 is 5.98. The lowest BCUT2D eigenvalue weighted by molar-refractivity contribution is 0.436. The Kier molecular flexibility index (Phi) is 5.86. The molecular formula is C23H19Cl2FN4. The van der Waals surface area contributed by atoms with Gasteiger partial charge in [-0.3, -0.25) is 9.67 Å². The molecule has 0 aliphatic carbocycles. The topological polar surface area (TPSA) is 42.7 Å². The SMILES string of the molecule is Cl.Fc1cc(Cl)ccc1-c1nn2c(c1-c1ccncc1)C(c1ccccc1)NCC2. The molecule has 0 saturated heterocycles. The number of nitrogens with zero attached hydrogens (tertiary/aromatic N) is 3. The zero-order chi connectivity index (χ0) is 19.8. The summed E-state index contributed by atoms with van der Waals surface area (Å²) in [6, 6.07) is 18.8. The van der Waals surface area contributed by atoms with Crippen molar-refractivity contribution in [3.05, 3.63) is 95.2 Å². The maximum Gasteiger partial charge on any atom is 0.134 e. The van der Waals surface area contributed by atoms with E-state index in [0.717, 1.165) is 28.9 Å². The van der Waals surface area contributed by atoms with Crippen LogP contribution in [0.2, 0.25) is 5.02 Å². The second-order valence-corrected chi connectivity index (χ2v) is 7.43. The molecule has 0 spiro atoms. The molecule has 4 nitrogen and oxygen atoms in total. The summed E-state index contributed by atoms with van der Waals surface area (Å²) in [6.07, 6.45) is 3.49. The van der Waals surface area contributed by atoms with Crippen LogP contribution in [-0.4, -0.2) is 21.3 Å². The van der Waals surface area contributed by atoms with E-state index >= 15 is 0 Å². The van der Waals surface area contributed by atoms with Crippen molar-refractivity contribution in [2.45, 2.75) is 12.6 Å². The van der Waals surface area contributed by atoms with Crippen molar-refractivity contribution in [2.24, 2.45) is 0 Å². The highest BCUT2D eigenvalue weighted by Crippen LogP contribution is 2.41. The van der Waals surface area contributed by atoms with Crippen LogP contribution in [0.15, 0.2) is 73.1 Å². The predicted molar refractivity (Wildman–Crippen MR) is 119 cm³/mol. The van der Waals surface area contributed by atoms with Crippen LogP contribution in [-0.2, 0) is 6.54 Å². The number of fused-ring (bicyclic) bond motifs is 1. The molecule has 2 aromatic carbocycles.